The van der Waals surface area contributed by atoms with Crippen LogP contribution in [0.25, 0.3) is 5.65 Å². The third-order valence-corrected chi connectivity index (χ3v) is 4.98. The van der Waals surface area contributed by atoms with Gasteiger partial charge in [-0.05, 0) is 12.1 Å². The Labute approximate surface area is 136 Å². The zero-order valence-corrected chi connectivity index (χ0v) is 13.4. The van der Waals surface area contributed by atoms with Crippen LogP contribution in [0.4, 0.5) is 0 Å². The first-order valence-corrected chi connectivity index (χ1v) is 8.32. The second-order valence-electron chi connectivity index (χ2n) is 6.90. The monoisotopic (exact) mass is 316 g/mol. The molecule has 1 N–H and O–H groups in total. The molecule has 0 amide bonds. The van der Waals surface area contributed by atoms with E-state index in [-0.39, 0.29) is 12.0 Å². The van der Waals surface area contributed by atoms with E-state index in [2.05, 4.69) is 25.4 Å². The summed E-state index contributed by atoms with van der Waals surface area (Å²) in [5.41, 5.74) is 2.13. The number of imidazole rings is 1. The predicted molar refractivity (Wildman–Crippen MR) is 87.2 cm³/mol. The number of hydrogen-bond donors (Lipinski definition) is 1. The fraction of sp³-hybridized carbons (Fsp3) is 0.588. The Balaban J connectivity index is 1.31. The molecule has 6 nitrogen and oxygen atoms in total. The molecule has 0 aliphatic carbocycles. The second kappa shape index (κ2) is 6.20. The molecule has 2 aromatic heterocycles. The van der Waals surface area contributed by atoms with Gasteiger partial charge in [0.2, 0.25) is 0 Å². The SMILES string of the molecule is OCC1(CN2CCN(Cc3cn4ccccc4n3)CC2)COC1. The first-order chi connectivity index (χ1) is 11.3. The predicted octanol–water partition coefficient (Wildman–Crippen LogP) is 0.461. The lowest BCUT2D eigenvalue weighted by atomic mass is 9.86. The lowest BCUT2D eigenvalue weighted by Crippen LogP contribution is -2.56. The second-order valence-corrected chi connectivity index (χ2v) is 6.90. The third kappa shape index (κ3) is 3.12. The molecule has 2 saturated heterocycles. The number of pyridine rings is 1. The highest BCUT2D eigenvalue weighted by atomic mass is 16.5. The van der Waals surface area contributed by atoms with Crippen LogP contribution in [0.3, 0.4) is 0 Å². The number of ether oxygens (including phenoxy) is 1. The van der Waals surface area contributed by atoms with E-state index in [4.69, 9.17) is 4.74 Å². The molecular formula is C17H24N4O2. The van der Waals surface area contributed by atoms with Crippen LogP contribution in [0.1, 0.15) is 5.69 Å². The van der Waals surface area contributed by atoms with Crippen LogP contribution in [-0.2, 0) is 11.3 Å². The smallest absolute Gasteiger partial charge is 0.137 e. The summed E-state index contributed by atoms with van der Waals surface area (Å²) >= 11 is 0. The van der Waals surface area contributed by atoms with E-state index >= 15 is 0 Å². The molecule has 6 heteroatoms. The van der Waals surface area contributed by atoms with Crippen molar-refractivity contribution >= 4 is 5.65 Å². The number of aromatic nitrogens is 2. The van der Waals surface area contributed by atoms with Crippen LogP contribution in [0.2, 0.25) is 0 Å². The third-order valence-electron chi connectivity index (χ3n) is 4.98. The van der Waals surface area contributed by atoms with Crippen molar-refractivity contribution in [2.24, 2.45) is 5.41 Å². The van der Waals surface area contributed by atoms with Gasteiger partial charge in [-0.3, -0.25) is 9.80 Å². The zero-order chi connectivity index (χ0) is 15.7. The average Bonchev–Trinajstić information content (AvgIpc) is 2.95. The molecule has 0 aromatic carbocycles. The van der Waals surface area contributed by atoms with E-state index in [1.165, 1.54) is 0 Å². The van der Waals surface area contributed by atoms with E-state index in [0.717, 1.165) is 50.6 Å². The first-order valence-electron chi connectivity index (χ1n) is 8.32. The molecule has 4 heterocycles. The van der Waals surface area contributed by atoms with Crippen LogP contribution in [0, 0.1) is 5.41 Å². The molecule has 0 bridgehead atoms. The minimum atomic E-state index is -0.0102. The lowest BCUT2D eigenvalue weighted by Gasteiger charge is -2.45. The number of rotatable bonds is 5. The molecular weight excluding hydrogens is 292 g/mol. The minimum absolute atomic E-state index is 0.0102. The van der Waals surface area contributed by atoms with Gasteiger partial charge in [-0.25, -0.2) is 4.98 Å². The van der Waals surface area contributed by atoms with Gasteiger partial charge in [0.1, 0.15) is 5.65 Å². The van der Waals surface area contributed by atoms with E-state index in [0.29, 0.717) is 13.2 Å². The van der Waals surface area contributed by atoms with Crippen molar-refractivity contribution in [3.8, 4) is 0 Å². The quantitative estimate of drug-likeness (QED) is 0.869. The van der Waals surface area contributed by atoms with Crippen molar-refractivity contribution in [2.75, 3.05) is 52.5 Å². The molecule has 2 aliphatic heterocycles. The summed E-state index contributed by atoms with van der Waals surface area (Å²) in [5, 5.41) is 9.56. The van der Waals surface area contributed by atoms with Gasteiger partial charge in [0, 0.05) is 51.7 Å². The molecule has 0 radical (unpaired) electrons. The summed E-state index contributed by atoms with van der Waals surface area (Å²) < 4.78 is 7.37. The molecule has 0 saturated carbocycles. The molecule has 0 atom stereocenters. The lowest BCUT2D eigenvalue weighted by molar-refractivity contribution is -0.150. The Hall–Kier alpha value is -1.47. The van der Waals surface area contributed by atoms with Crippen molar-refractivity contribution in [2.45, 2.75) is 6.54 Å². The molecule has 2 aromatic rings. The number of hydrogen-bond acceptors (Lipinski definition) is 5. The fourth-order valence-electron chi connectivity index (χ4n) is 3.50. The van der Waals surface area contributed by atoms with Gasteiger partial charge in [0.25, 0.3) is 0 Å². The zero-order valence-electron chi connectivity index (χ0n) is 13.4. The van der Waals surface area contributed by atoms with Gasteiger partial charge in [-0.15, -0.1) is 0 Å². The van der Waals surface area contributed by atoms with Crippen molar-refractivity contribution in [1.82, 2.24) is 19.2 Å². The van der Waals surface area contributed by atoms with Gasteiger partial charge in [0.15, 0.2) is 0 Å². The standard InChI is InChI=1S/C17H24N4O2/c22-12-17(13-23-14-17)11-20-7-5-19(6-8-20)9-15-10-21-4-2-1-3-16(21)18-15/h1-4,10,22H,5-9,11-14H2. The summed E-state index contributed by atoms with van der Waals surface area (Å²) in [7, 11) is 0. The topological polar surface area (TPSA) is 53.2 Å². The van der Waals surface area contributed by atoms with Crippen molar-refractivity contribution in [3.63, 3.8) is 0 Å². The van der Waals surface area contributed by atoms with Gasteiger partial charge in [0.05, 0.1) is 30.9 Å². The van der Waals surface area contributed by atoms with Crippen LogP contribution >= 0.6 is 0 Å². The van der Waals surface area contributed by atoms with Gasteiger partial charge < -0.3 is 14.2 Å². The maximum absolute atomic E-state index is 9.56. The van der Waals surface area contributed by atoms with Gasteiger partial charge in [-0.1, -0.05) is 6.07 Å². The van der Waals surface area contributed by atoms with Crippen LogP contribution in [0.5, 0.6) is 0 Å². The largest absolute Gasteiger partial charge is 0.396 e. The highest BCUT2D eigenvalue weighted by Gasteiger charge is 2.40. The molecule has 2 fully saturated rings. The van der Waals surface area contributed by atoms with Gasteiger partial charge in [-0.2, -0.15) is 0 Å². The number of nitrogens with zero attached hydrogens (tertiary/aromatic N) is 4. The van der Waals surface area contributed by atoms with E-state index < -0.39 is 0 Å². The number of aliphatic hydroxyl groups excluding tert-OH is 1. The average molecular weight is 316 g/mol. The summed E-state index contributed by atoms with van der Waals surface area (Å²) in [6.45, 7) is 7.69. The van der Waals surface area contributed by atoms with E-state index in [9.17, 15) is 5.11 Å². The Morgan fingerprint density at radius 1 is 1.13 bits per heavy atom. The molecule has 2 aliphatic rings. The maximum atomic E-state index is 9.56. The summed E-state index contributed by atoms with van der Waals surface area (Å²) in [6, 6.07) is 6.08. The molecule has 23 heavy (non-hydrogen) atoms. The molecule has 124 valence electrons. The van der Waals surface area contributed by atoms with Crippen LogP contribution in [-0.4, -0.2) is 76.8 Å². The molecule has 4 rings (SSSR count). The van der Waals surface area contributed by atoms with Crippen molar-refractivity contribution in [1.29, 1.82) is 0 Å². The first kappa shape index (κ1) is 15.1. The number of piperazine rings is 1. The van der Waals surface area contributed by atoms with Gasteiger partial charge >= 0.3 is 0 Å². The summed E-state index contributed by atoms with van der Waals surface area (Å²) in [6.07, 6.45) is 4.16. The number of fused-ring (bicyclic) bond motifs is 1. The van der Waals surface area contributed by atoms with E-state index in [1.807, 2.05) is 24.4 Å². The minimum Gasteiger partial charge on any atom is -0.396 e. The summed E-state index contributed by atoms with van der Waals surface area (Å²) in [4.78, 5) is 9.60. The van der Waals surface area contributed by atoms with Crippen molar-refractivity contribution < 1.29 is 9.84 Å². The molecule has 0 spiro atoms. The Morgan fingerprint density at radius 2 is 1.91 bits per heavy atom. The normalized spacial score (nSPS) is 22.3. The Morgan fingerprint density at radius 3 is 2.57 bits per heavy atom. The fourth-order valence-corrected chi connectivity index (χ4v) is 3.50. The van der Waals surface area contributed by atoms with E-state index in [1.54, 1.807) is 0 Å². The van der Waals surface area contributed by atoms with Crippen molar-refractivity contribution in [3.05, 3.63) is 36.3 Å². The maximum Gasteiger partial charge on any atom is 0.137 e. The number of aliphatic hydroxyl groups is 1. The Kier molecular flexibility index (Phi) is 4.07. The highest BCUT2D eigenvalue weighted by molar-refractivity contribution is 5.39. The van der Waals surface area contributed by atoms with Crippen LogP contribution < -0.4 is 0 Å². The van der Waals surface area contributed by atoms with Crippen LogP contribution in [0.15, 0.2) is 30.6 Å². The Bertz CT molecular complexity index is 621. The molecule has 0 unspecified atom stereocenters. The summed E-state index contributed by atoms with van der Waals surface area (Å²) in [5.74, 6) is 0. The highest BCUT2D eigenvalue weighted by Crippen LogP contribution is 2.28.